The van der Waals surface area contributed by atoms with Crippen molar-refractivity contribution >= 4 is 0 Å². The van der Waals surface area contributed by atoms with Crippen molar-refractivity contribution in [3.63, 3.8) is 0 Å². The smallest absolute Gasteiger partial charge is 0.299 e. The molecule has 0 amide bonds. The van der Waals surface area contributed by atoms with Crippen molar-refractivity contribution < 1.29 is 13.2 Å². The second kappa shape index (κ2) is 5.09. The van der Waals surface area contributed by atoms with Crippen molar-refractivity contribution in [2.75, 3.05) is 32.7 Å². The van der Waals surface area contributed by atoms with Crippen molar-refractivity contribution in [3.05, 3.63) is 0 Å². The highest BCUT2D eigenvalue weighted by Gasteiger charge is 2.38. The lowest BCUT2D eigenvalue weighted by molar-refractivity contribution is -0.138. The van der Waals surface area contributed by atoms with E-state index in [1.54, 1.807) is 0 Å². The lowest BCUT2D eigenvalue weighted by Crippen LogP contribution is -2.67. The normalized spacial score (nSPS) is 34.9. The Kier molecular flexibility index (Phi) is 3.92. The van der Waals surface area contributed by atoms with Gasteiger partial charge in [-0.05, 0) is 6.42 Å². The number of piperazine rings is 3. The van der Waals surface area contributed by atoms with Crippen LogP contribution in [0.15, 0.2) is 0 Å². The van der Waals surface area contributed by atoms with Gasteiger partial charge in [0.15, 0.2) is 0 Å². The van der Waals surface area contributed by atoms with Crippen LogP contribution < -0.4 is 11.3 Å². The predicted octanol–water partition coefficient (Wildman–Crippen LogP) is 0.161. The molecule has 17 heavy (non-hydrogen) atoms. The van der Waals surface area contributed by atoms with Crippen LogP contribution in [0.25, 0.3) is 0 Å². The summed E-state index contributed by atoms with van der Waals surface area (Å²) in [6.45, 7) is 4.75. The van der Waals surface area contributed by atoms with Gasteiger partial charge >= 0.3 is 6.18 Å². The molecule has 3 rings (SSSR count). The van der Waals surface area contributed by atoms with Gasteiger partial charge in [-0.15, -0.1) is 0 Å². The quantitative estimate of drug-likeness (QED) is 0.552. The maximum atomic E-state index is 12.2. The molecule has 2 unspecified atom stereocenters. The van der Waals surface area contributed by atoms with Crippen molar-refractivity contribution in [1.29, 1.82) is 0 Å². The first-order chi connectivity index (χ1) is 7.99. The number of hydrogen-bond donors (Lipinski definition) is 2. The number of hydrazine groups is 1. The Morgan fingerprint density at radius 3 is 2.29 bits per heavy atom. The van der Waals surface area contributed by atoms with E-state index < -0.39 is 12.6 Å². The van der Waals surface area contributed by atoms with Crippen LogP contribution in [0.2, 0.25) is 0 Å². The molecule has 0 radical (unpaired) electrons. The van der Waals surface area contributed by atoms with Gasteiger partial charge in [0.2, 0.25) is 0 Å². The zero-order chi connectivity index (χ0) is 12.5. The number of rotatable bonds is 4. The fourth-order valence-corrected chi connectivity index (χ4v) is 2.75. The fourth-order valence-electron chi connectivity index (χ4n) is 2.75. The molecule has 0 spiro atoms. The number of nitrogens with one attached hydrogen (secondary N) is 1. The lowest BCUT2D eigenvalue weighted by Gasteiger charge is -2.50. The van der Waals surface area contributed by atoms with Gasteiger partial charge in [0, 0.05) is 51.2 Å². The van der Waals surface area contributed by atoms with E-state index in [4.69, 9.17) is 5.84 Å². The molecule has 100 valence electrons. The number of hydrogen-bond acceptors (Lipinski definition) is 4. The van der Waals surface area contributed by atoms with E-state index in [0.717, 1.165) is 32.7 Å². The Morgan fingerprint density at radius 2 is 1.88 bits per heavy atom. The van der Waals surface area contributed by atoms with Gasteiger partial charge in [0.1, 0.15) is 0 Å². The molecular weight excluding hydrogens is 233 g/mol. The number of fused-ring (bicyclic) bond motifs is 3. The van der Waals surface area contributed by atoms with Crippen LogP contribution in [0.3, 0.4) is 0 Å². The van der Waals surface area contributed by atoms with E-state index in [2.05, 4.69) is 15.2 Å². The van der Waals surface area contributed by atoms with Gasteiger partial charge < -0.3 is 0 Å². The summed E-state index contributed by atoms with van der Waals surface area (Å²) in [5, 5.41) is 0. The topological polar surface area (TPSA) is 44.5 Å². The van der Waals surface area contributed by atoms with Crippen molar-refractivity contribution in [2.24, 2.45) is 5.84 Å². The molecule has 3 aliphatic rings. The first kappa shape index (κ1) is 13.1. The van der Waals surface area contributed by atoms with E-state index in [1.807, 2.05) is 0 Å². The van der Waals surface area contributed by atoms with Gasteiger partial charge in [-0.3, -0.25) is 21.1 Å². The standard InChI is InChI=1S/C10H19F3N4/c11-10(12,13)2-1-8(15-14)9-7-16-3-5-17(9)6-4-16/h8-9,15H,1-7,14H2. The van der Waals surface area contributed by atoms with Gasteiger partial charge in [-0.25, -0.2) is 0 Å². The highest BCUT2D eigenvalue weighted by molar-refractivity contribution is 4.94. The van der Waals surface area contributed by atoms with E-state index in [0.29, 0.717) is 0 Å². The molecule has 0 aliphatic carbocycles. The summed E-state index contributed by atoms with van der Waals surface area (Å²) in [6.07, 6.45) is -4.82. The van der Waals surface area contributed by atoms with Crippen LogP contribution in [-0.4, -0.2) is 60.8 Å². The highest BCUT2D eigenvalue weighted by atomic mass is 19.4. The molecule has 0 aromatic carbocycles. The third-order valence-corrected chi connectivity index (χ3v) is 3.74. The van der Waals surface area contributed by atoms with Crippen molar-refractivity contribution in [1.82, 2.24) is 15.2 Å². The van der Waals surface area contributed by atoms with Gasteiger partial charge in [0.05, 0.1) is 0 Å². The second-order valence-corrected chi connectivity index (χ2v) is 4.83. The molecule has 2 atom stereocenters. The van der Waals surface area contributed by atoms with Crippen molar-refractivity contribution in [2.45, 2.75) is 31.1 Å². The molecule has 0 saturated carbocycles. The predicted molar refractivity (Wildman–Crippen MR) is 58.2 cm³/mol. The van der Waals surface area contributed by atoms with Crippen LogP contribution in [0.5, 0.6) is 0 Å². The molecule has 3 heterocycles. The molecule has 7 heteroatoms. The fraction of sp³-hybridized carbons (Fsp3) is 1.00. The summed E-state index contributed by atoms with van der Waals surface area (Å²) in [5.74, 6) is 5.40. The van der Waals surface area contributed by atoms with Crippen molar-refractivity contribution in [3.8, 4) is 0 Å². The molecule has 3 aliphatic heterocycles. The van der Waals surface area contributed by atoms with E-state index in [-0.39, 0.29) is 18.5 Å². The Bertz CT molecular complexity index is 250. The monoisotopic (exact) mass is 252 g/mol. The Morgan fingerprint density at radius 1 is 1.24 bits per heavy atom. The summed E-state index contributed by atoms with van der Waals surface area (Å²) >= 11 is 0. The molecule has 3 fully saturated rings. The third-order valence-electron chi connectivity index (χ3n) is 3.74. The van der Waals surface area contributed by atoms with E-state index >= 15 is 0 Å². The Hall–Kier alpha value is -0.370. The lowest BCUT2D eigenvalue weighted by atomic mass is 9.97. The maximum absolute atomic E-state index is 12.2. The first-order valence-electron chi connectivity index (χ1n) is 5.99. The van der Waals surface area contributed by atoms with Gasteiger partial charge in [0.25, 0.3) is 0 Å². The number of nitrogens with zero attached hydrogens (tertiary/aromatic N) is 2. The number of nitrogens with two attached hydrogens (primary N) is 1. The van der Waals surface area contributed by atoms with Gasteiger partial charge in [-0.1, -0.05) is 0 Å². The highest BCUT2D eigenvalue weighted by Crippen LogP contribution is 2.26. The van der Waals surface area contributed by atoms with E-state index in [9.17, 15) is 13.2 Å². The zero-order valence-corrected chi connectivity index (χ0v) is 9.71. The average molecular weight is 252 g/mol. The molecule has 3 saturated heterocycles. The van der Waals surface area contributed by atoms with E-state index in [1.165, 1.54) is 0 Å². The second-order valence-electron chi connectivity index (χ2n) is 4.83. The third kappa shape index (κ3) is 3.31. The number of alkyl halides is 3. The molecular formula is C10H19F3N4. The summed E-state index contributed by atoms with van der Waals surface area (Å²) in [4.78, 5) is 4.55. The van der Waals surface area contributed by atoms with Crippen LogP contribution in [0.1, 0.15) is 12.8 Å². The number of halogens is 3. The first-order valence-corrected chi connectivity index (χ1v) is 5.99. The van der Waals surface area contributed by atoms with Crippen LogP contribution in [0.4, 0.5) is 13.2 Å². The molecule has 3 N–H and O–H groups in total. The Labute approximate surface area is 98.9 Å². The largest absolute Gasteiger partial charge is 0.389 e. The van der Waals surface area contributed by atoms with Gasteiger partial charge in [-0.2, -0.15) is 13.2 Å². The summed E-state index contributed by atoms with van der Waals surface area (Å²) in [7, 11) is 0. The van der Waals surface area contributed by atoms with Crippen LogP contribution in [0, 0.1) is 0 Å². The Balaban J connectivity index is 1.89. The summed E-state index contributed by atoms with van der Waals surface area (Å²) < 4.78 is 36.6. The molecule has 2 bridgehead atoms. The molecule has 0 aromatic heterocycles. The average Bonchev–Trinajstić information content (AvgIpc) is 2.30. The van der Waals surface area contributed by atoms with Crippen LogP contribution >= 0.6 is 0 Å². The molecule has 4 nitrogen and oxygen atoms in total. The van der Waals surface area contributed by atoms with Crippen LogP contribution in [-0.2, 0) is 0 Å². The minimum atomic E-state index is -4.10. The summed E-state index contributed by atoms with van der Waals surface area (Å²) in [5.41, 5.74) is 2.56. The minimum Gasteiger partial charge on any atom is -0.299 e. The maximum Gasteiger partial charge on any atom is 0.389 e. The molecule has 0 aromatic rings. The zero-order valence-electron chi connectivity index (χ0n) is 9.71. The minimum absolute atomic E-state index is 0.0506. The summed E-state index contributed by atoms with van der Waals surface area (Å²) in [6, 6.07) is -0.162. The SMILES string of the molecule is NNC(CCC(F)(F)F)C1CN2CCN1CC2.